The van der Waals surface area contributed by atoms with Gasteiger partial charge in [-0.3, -0.25) is 0 Å². The molecule has 4 nitrogen and oxygen atoms in total. The average Bonchev–Trinajstić information content (AvgIpc) is 2.95. The smallest absolute Gasteiger partial charge is 0.123 e. The molecule has 1 aromatic carbocycles. The summed E-state index contributed by atoms with van der Waals surface area (Å²) in [6.07, 6.45) is 3.06. The summed E-state index contributed by atoms with van der Waals surface area (Å²) < 4.78 is 5.93. The van der Waals surface area contributed by atoms with E-state index in [0.29, 0.717) is 6.54 Å². The van der Waals surface area contributed by atoms with Gasteiger partial charge in [-0.1, -0.05) is 0 Å². The molecular formula is C16H22ClN3OS. The molecule has 0 aliphatic heterocycles. The quantitative estimate of drug-likeness (QED) is 0.743. The number of ether oxygens (including phenoxy) is 1. The molecular weight excluding hydrogens is 318 g/mol. The van der Waals surface area contributed by atoms with Crippen molar-refractivity contribution in [3.63, 3.8) is 0 Å². The molecule has 1 unspecified atom stereocenters. The number of rotatable bonds is 8. The highest BCUT2D eigenvalue weighted by Gasteiger charge is 2.07. The molecule has 2 aromatic rings. The lowest BCUT2D eigenvalue weighted by Crippen LogP contribution is -2.21. The van der Waals surface area contributed by atoms with E-state index < -0.39 is 0 Å². The van der Waals surface area contributed by atoms with E-state index in [4.69, 9.17) is 16.5 Å². The van der Waals surface area contributed by atoms with Crippen LogP contribution in [0.2, 0.25) is 0 Å². The highest BCUT2D eigenvalue weighted by Crippen LogP contribution is 2.27. The third-order valence-electron chi connectivity index (χ3n) is 3.22. The lowest BCUT2D eigenvalue weighted by atomic mass is 10.2. The van der Waals surface area contributed by atoms with E-state index in [1.807, 2.05) is 30.5 Å². The molecule has 1 aromatic heterocycles. The van der Waals surface area contributed by atoms with Gasteiger partial charge in [0.05, 0.1) is 6.10 Å². The Kier molecular flexibility index (Phi) is 6.64. The Hall–Kier alpha value is -1.14. The van der Waals surface area contributed by atoms with Crippen LogP contribution in [-0.4, -0.2) is 36.6 Å². The van der Waals surface area contributed by atoms with Crippen LogP contribution >= 0.6 is 23.1 Å². The summed E-state index contributed by atoms with van der Waals surface area (Å²) >= 11 is 7.15. The zero-order valence-electron chi connectivity index (χ0n) is 13.2. The van der Waals surface area contributed by atoms with Crippen LogP contribution in [-0.2, 0) is 6.54 Å². The molecule has 0 fully saturated rings. The zero-order valence-corrected chi connectivity index (χ0v) is 14.7. The molecule has 1 heterocycles. The standard InChI is InChI=1S/C16H22ClN3OS/c1-12(8-9-20(2)3)21-14-6-4-13(5-7-14)16-18-10-15(22-16)11-19-17/h4-7,10,12,19H,8-9,11H2,1-3H3. The molecule has 1 atom stereocenters. The van der Waals surface area contributed by atoms with Crippen molar-refractivity contribution in [2.75, 3.05) is 20.6 Å². The van der Waals surface area contributed by atoms with E-state index in [0.717, 1.165) is 34.2 Å². The van der Waals surface area contributed by atoms with Gasteiger partial charge in [-0.25, -0.2) is 9.82 Å². The van der Waals surface area contributed by atoms with Crippen LogP contribution in [0.5, 0.6) is 5.75 Å². The molecule has 0 saturated carbocycles. The van der Waals surface area contributed by atoms with E-state index in [-0.39, 0.29) is 6.10 Å². The van der Waals surface area contributed by atoms with Crippen molar-refractivity contribution < 1.29 is 4.74 Å². The number of halogens is 1. The van der Waals surface area contributed by atoms with E-state index >= 15 is 0 Å². The largest absolute Gasteiger partial charge is 0.491 e. The highest BCUT2D eigenvalue weighted by atomic mass is 35.5. The van der Waals surface area contributed by atoms with Gasteiger partial charge in [-0.05, 0) is 63.5 Å². The van der Waals surface area contributed by atoms with Crippen molar-refractivity contribution in [2.24, 2.45) is 0 Å². The van der Waals surface area contributed by atoms with Gasteiger partial charge in [0, 0.05) is 29.7 Å². The van der Waals surface area contributed by atoms with Crippen LogP contribution in [0.3, 0.4) is 0 Å². The Morgan fingerprint density at radius 3 is 2.68 bits per heavy atom. The summed E-state index contributed by atoms with van der Waals surface area (Å²) in [5.41, 5.74) is 1.10. The van der Waals surface area contributed by atoms with E-state index in [1.54, 1.807) is 11.3 Å². The van der Waals surface area contributed by atoms with Crippen LogP contribution in [0.15, 0.2) is 30.5 Å². The summed E-state index contributed by atoms with van der Waals surface area (Å²) in [6.45, 7) is 3.75. The first-order valence-electron chi connectivity index (χ1n) is 7.28. The highest BCUT2D eigenvalue weighted by molar-refractivity contribution is 7.15. The fraction of sp³-hybridized carbons (Fsp3) is 0.438. The second kappa shape index (κ2) is 8.48. The number of hydrogen-bond donors (Lipinski definition) is 1. The van der Waals surface area contributed by atoms with Gasteiger partial charge < -0.3 is 9.64 Å². The minimum Gasteiger partial charge on any atom is -0.491 e. The average molecular weight is 340 g/mol. The summed E-state index contributed by atoms with van der Waals surface area (Å²) in [6, 6.07) is 8.10. The molecule has 0 saturated heterocycles. The Morgan fingerprint density at radius 2 is 2.05 bits per heavy atom. The van der Waals surface area contributed by atoms with E-state index in [1.165, 1.54) is 0 Å². The topological polar surface area (TPSA) is 37.4 Å². The molecule has 0 bridgehead atoms. The third kappa shape index (κ3) is 5.25. The van der Waals surface area contributed by atoms with Crippen LogP contribution in [0.1, 0.15) is 18.2 Å². The molecule has 0 aliphatic carbocycles. The summed E-state index contributed by atoms with van der Waals surface area (Å²) in [7, 11) is 4.15. The summed E-state index contributed by atoms with van der Waals surface area (Å²) in [5, 5.41) is 0.995. The molecule has 0 spiro atoms. The number of thiazole rings is 1. The first-order valence-corrected chi connectivity index (χ1v) is 8.48. The Labute approximate surface area is 141 Å². The summed E-state index contributed by atoms with van der Waals surface area (Å²) in [5.74, 6) is 0.897. The third-order valence-corrected chi connectivity index (χ3v) is 4.40. The van der Waals surface area contributed by atoms with Gasteiger partial charge in [0.1, 0.15) is 10.8 Å². The molecule has 1 N–H and O–H groups in total. The van der Waals surface area contributed by atoms with Gasteiger partial charge in [0.25, 0.3) is 0 Å². The van der Waals surface area contributed by atoms with Crippen molar-refractivity contribution in [1.29, 1.82) is 0 Å². The number of aromatic nitrogens is 1. The Balaban J connectivity index is 1.94. The van der Waals surface area contributed by atoms with Crippen LogP contribution < -0.4 is 9.57 Å². The van der Waals surface area contributed by atoms with Gasteiger partial charge in [-0.2, -0.15) is 0 Å². The van der Waals surface area contributed by atoms with Gasteiger partial charge in [0.2, 0.25) is 0 Å². The predicted molar refractivity (Wildman–Crippen MR) is 93.5 cm³/mol. The van der Waals surface area contributed by atoms with Crippen molar-refractivity contribution in [2.45, 2.75) is 26.0 Å². The van der Waals surface area contributed by atoms with Gasteiger partial charge in [0.15, 0.2) is 0 Å². The minimum atomic E-state index is 0.203. The maximum atomic E-state index is 5.93. The molecule has 0 amide bonds. The number of benzene rings is 1. The number of hydrogen-bond acceptors (Lipinski definition) is 5. The van der Waals surface area contributed by atoms with E-state index in [2.05, 4.69) is 35.7 Å². The molecule has 0 radical (unpaired) electrons. The number of nitrogens with zero attached hydrogens (tertiary/aromatic N) is 2. The fourth-order valence-electron chi connectivity index (χ4n) is 2.00. The second-order valence-corrected chi connectivity index (χ2v) is 6.87. The Morgan fingerprint density at radius 1 is 1.32 bits per heavy atom. The zero-order chi connectivity index (χ0) is 15.9. The van der Waals surface area contributed by atoms with Gasteiger partial charge >= 0.3 is 0 Å². The SMILES string of the molecule is CC(CCN(C)C)Oc1ccc(-c2ncc(CNCl)s2)cc1. The first-order chi connectivity index (χ1) is 10.6. The minimum absolute atomic E-state index is 0.203. The van der Waals surface area contributed by atoms with Crippen LogP contribution in [0.4, 0.5) is 0 Å². The molecule has 0 aliphatic rings. The maximum Gasteiger partial charge on any atom is 0.123 e. The molecule has 120 valence electrons. The van der Waals surface area contributed by atoms with Crippen molar-refractivity contribution >= 4 is 23.1 Å². The fourth-order valence-corrected chi connectivity index (χ4v) is 3.08. The van der Waals surface area contributed by atoms with Crippen LogP contribution in [0.25, 0.3) is 10.6 Å². The lowest BCUT2D eigenvalue weighted by molar-refractivity contribution is 0.194. The van der Waals surface area contributed by atoms with Crippen molar-refractivity contribution in [3.8, 4) is 16.3 Å². The Bertz CT molecular complexity index is 571. The van der Waals surface area contributed by atoms with Crippen molar-refractivity contribution in [1.82, 2.24) is 14.7 Å². The van der Waals surface area contributed by atoms with Crippen LogP contribution in [0, 0.1) is 0 Å². The van der Waals surface area contributed by atoms with Crippen molar-refractivity contribution in [3.05, 3.63) is 35.3 Å². The molecule has 22 heavy (non-hydrogen) atoms. The monoisotopic (exact) mass is 339 g/mol. The first kappa shape index (κ1) is 17.2. The molecule has 6 heteroatoms. The normalized spacial score (nSPS) is 12.6. The lowest BCUT2D eigenvalue weighted by Gasteiger charge is -2.17. The maximum absolute atomic E-state index is 5.93. The predicted octanol–water partition coefficient (Wildman–Crippen LogP) is 3.77. The number of nitrogens with one attached hydrogen (secondary N) is 1. The summed E-state index contributed by atoms with van der Waals surface area (Å²) in [4.78, 5) is 10.3. The second-order valence-electron chi connectivity index (χ2n) is 5.49. The van der Waals surface area contributed by atoms with E-state index in [9.17, 15) is 0 Å². The van der Waals surface area contributed by atoms with Gasteiger partial charge in [-0.15, -0.1) is 11.3 Å². The molecule has 2 rings (SSSR count).